The molecule has 1 unspecified atom stereocenters. The van der Waals surface area contributed by atoms with Gasteiger partial charge in [0.15, 0.2) is 0 Å². The summed E-state index contributed by atoms with van der Waals surface area (Å²) in [5.41, 5.74) is 0. The predicted molar refractivity (Wildman–Crippen MR) is 41.3 cm³/mol. The quantitative estimate of drug-likeness (QED) is 0.563. The number of hydrogen-bond donors (Lipinski definition) is 0. The molecule has 59 valence electrons. The zero-order valence-electron chi connectivity index (χ0n) is 6.81. The van der Waals surface area contributed by atoms with Crippen LogP contribution in [0.25, 0.3) is 0 Å². The first-order valence-corrected chi connectivity index (χ1v) is 4.50. The molecular formula is C9H17O. The van der Waals surface area contributed by atoms with Crippen LogP contribution in [-0.4, -0.2) is 6.10 Å². The van der Waals surface area contributed by atoms with E-state index in [1.54, 1.807) is 0 Å². The Morgan fingerprint density at radius 2 is 1.90 bits per heavy atom. The fraction of sp³-hybridized carbons (Fsp3) is 1.00. The molecular weight excluding hydrogens is 124 g/mol. The Hall–Kier alpha value is -0.0400. The van der Waals surface area contributed by atoms with E-state index in [0.29, 0.717) is 5.92 Å². The van der Waals surface area contributed by atoms with Crippen LogP contribution in [0.5, 0.6) is 0 Å². The third kappa shape index (κ3) is 1.98. The van der Waals surface area contributed by atoms with E-state index in [9.17, 15) is 5.11 Å². The standard InChI is InChI=1S/C9H17O/c1-2-9(10)8-6-4-3-5-7-8/h8-9H,2-7H2,1H3. The van der Waals surface area contributed by atoms with Crippen LogP contribution in [0.3, 0.4) is 0 Å². The summed E-state index contributed by atoms with van der Waals surface area (Å²) < 4.78 is 0. The smallest absolute Gasteiger partial charge is 0.0955 e. The van der Waals surface area contributed by atoms with E-state index < -0.39 is 0 Å². The van der Waals surface area contributed by atoms with E-state index in [1.807, 2.05) is 6.92 Å². The van der Waals surface area contributed by atoms with E-state index in [0.717, 1.165) is 6.42 Å². The van der Waals surface area contributed by atoms with Crippen molar-refractivity contribution >= 4 is 0 Å². The minimum atomic E-state index is -0.264. The Kier molecular flexibility index (Phi) is 3.20. The topological polar surface area (TPSA) is 19.9 Å². The lowest BCUT2D eigenvalue weighted by atomic mass is 9.84. The van der Waals surface area contributed by atoms with Gasteiger partial charge in [0.2, 0.25) is 0 Å². The third-order valence-electron chi connectivity index (χ3n) is 2.58. The molecule has 1 aliphatic rings. The lowest BCUT2D eigenvalue weighted by Gasteiger charge is -2.23. The van der Waals surface area contributed by atoms with E-state index in [4.69, 9.17) is 0 Å². The monoisotopic (exact) mass is 141 g/mol. The summed E-state index contributed by atoms with van der Waals surface area (Å²) in [5.74, 6) is 0.513. The van der Waals surface area contributed by atoms with E-state index in [-0.39, 0.29) is 6.10 Å². The first-order valence-electron chi connectivity index (χ1n) is 4.50. The van der Waals surface area contributed by atoms with E-state index in [1.165, 1.54) is 32.1 Å². The summed E-state index contributed by atoms with van der Waals surface area (Å²) in [4.78, 5) is 0. The fourth-order valence-corrected chi connectivity index (χ4v) is 1.84. The summed E-state index contributed by atoms with van der Waals surface area (Å²) in [6, 6.07) is 0. The van der Waals surface area contributed by atoms with Crippen LogP contribution in [0, 0.1) is 5.92 Å². The Balaban J connectivity index is 2.24. The van der Waals surface area contributed by atoms with Gasteiger partial charge in [0.1, 0.15) is 0 Å². The van der Waals surface area contributed by atoms with Gasteiger partial charge in [0.25, 0.3) is 0 Å². The first-order chi connectivity index (χ1) is 4.84. The van der Waals surface area contributed by atoms with Crippen LogP contribution in [0.4, 0.5) is 0 Å². The second-order valence-electron chi connectivity index (χ2n) is 3.34. The molecule has 1 heteroatoms. The molecule has 1 aliphatic carbocycles. The highest BCUT2D eigenvalue weighted by Gasteiger charge is 2.20. The average Bonchev–Trinajstić information content (AvgIpc) is 2.05. The molecule has 1 radical (unpaired) electrons. The Bertz CT molecular complexity index is 84.7. The van der Waals surface area contributed by atoms with Gasteiger partial charge in [-0.1, -0.05) is 26.2 Å². The fourth-order valence-electron chi connectivity index (χ4n) is 1.84. The highest BCUT2D eigenvalue weighted by Crippen LogP contribution is 2.27. The normalized spacial score (nSPS) is 24.6. The van der Waals surface area contributed by atoms with Crippen LogP contribution in [-0.2, 0) is 5.11 Å². The van der Waals surface area contributed by atoms with Crippen molar-refractivity contribution in [3.05, 3.63) is 0 Å². The Morgan fingerprint density at radius 1 is 1.30 bits per heavy atom. The maximum absolute atomic E-state index is 11.3. The molecule has 0 heterocycles. The van der Waals surface area contributed by atoms with Crippen molar-refractivity contribution in [2.45, 2.75) is 51.6 Å². The molecule has 0 saturated heterocycles. The van der Waals surface area contributed by atoms with Gasteiger partial charge in [0.05, 0.1) is 6.10 Å². The highest BCUT2D eigenvalue weighted by molar-refractivity contribution is 4.71. The number of hydrogen-bond acceptors (Lipinski definition) is 0. The molecule has 10 heavy (non-hydrogen) atoms. The van der Waals surface area contributed by atoms with Crippen molar-refractivity contribution < 1.29 is 5.11 Å². The van der Waals surface area contributed by atoms with Crippen molar-refractivity contribution in [2.24, 2.45) is 5.92 Å². The molecule has 0 aliphatic heterocycles. The molecule has 1 saturated carbocycles. The Labute approximate surface area is 63.4 Å². The van der Waals surface area contributed by atoms with Crippen LogP contribution in [0.15, 0.2) is 0 Å². The second-order valence-corrected chi connectivity index (χ2v) is 3.34. The van der Waals surface area contributed by atoms with Crippen molar-refractivity contribution in [3.8, 4) is 0 Å². The zero-order valence-corrected chi connectivity index (χ0v) is 6.81. The molecule has 0 N–H and O–H groups in total. The molecule has 0 amide bonds. The highest BCUT2D eigenvalue weighted by atomic mass is 16.3. The second kappa shape index (κ2) is 3.97. The maximum atomic E-state index is 11.3. The molecule has 1 atom stereocenters. The number of rotatable bonds is 2. The molecule has 1 fully saturated rings. The Morgan fingerprint density at radius 3 is 2.40 bits per heavy atom. The summed E-state index contributed by atoms with van der Waals surface area (Å²) in [5, 5.41) is 11.3. The van der Waals surface area contributed by atoms with Gasteiger partial charge in [-0.15, -0.1) is 0 Å². The lowest BCUT2D eigenvalue weighted by molar-refractivity contribution is 0.0188. The first kappa shape index (κ1) is 8.06. The SMILES string of the molecule is CCC([O])C1CCCCC1. The third-order valence-corrected chi connectivity index (χ3v) is 2.58. The molecule has 1 rings (SSSR count). The summed E-state index contributed by atoms with van der Waals surface area (Å²) in [6.07, 6.45) is 6.90. The van der Waals surface area contributed by atoms with Gasteiger partial charge in [-0.2, -0.15) is 0 Å². The predicted octanol–water partition coefficient (Wildman–Crippen LogP) is 2.78. The summed E-state index contributed by atoms with van der Waals surface area (Å²) in [7, 11) is 0. The minimum absolute atomic E-state index is 0.264. The van der Waals surface area contributed by atoms with Crippen LogP contribution in [0.1, 0.15) is 45.4 Å². The van der Waals surface area contributed by atoms with Crippen molar-refractivity contribution in [3.63, 3.8) is 0 Å². The minimum Gasteiger partial charge on any atom is -0.233 e. The molecule has 1 nitrogen and oxygen atoms in total. The van der Waals surface area contributed by atoms with Crippen LogP contribution < -0.4 is 0 Å². The van der Waals surface area contributed by atoms with Gasteiger partial charge in [0, 0.05) is 0 Å². The van der Waals surface area contributed by atoms with Crippen molar-refractivity contribution in [1.29, 1.82) is 0 Å². The van der Waals surface area contributed by atoms with E-state index in [2.05, 4.69) is 0 Å². The van der Waals surface area contributed by atoms with Crippen LogP contribution in [0.2, 0.25) is 0 Å². The van der Waals surface area contributed by atoms with E-state index >= 15 is 0 Å². The summed E-state index contributed by atoms with van der Waals surface area (Å²) >= 11 is 0. The van der Waals surface area contributed by atoms with Gasteiger partial charge < -0.3 is 0 Å². The average molecular weight is 141 g/mol. The lowest BCUT2D eigenvalue weighted by Crippen LogP contribution is -2.20. The van der Waals surface area contributed by atoms with Crippen molar-refractivity contribution in [1.82, 2.24) is 0 Å². The molecule has 0 bridgehead atoms. The molecule has 0 aromatic rings. The largest absolute Gasteiger partial charge is 0.233 e. The van der Waals surface area contributed by atoms with Gasteiger partial charge in [-0.05, 0) is 25.2 Å². The zero-order chi connectivity index (χ0) is 7.40. The molecule has 0 aromatic heterocycles. The molecule has 0 aromatic carbocycles. The van der Waals surface area contributed by atoms with Gasteiger partial charge in [-0.3, -0.25) is 0 Å². The van der Waals surface area contributed by atoms with Crippen LogP contribution >= 0.6 is 0 Å². The summed E-state index contributed by atoms with van der Waals surface area (Å²) in [6.45, 7) is 2.01. The van der Waals surface area contributed by atoms with Gasteiger partial charge in [-0.25, -0.2) is 5.11 Å². The maximum Gasteiger partial charge on any atom is 0.0955 e. The van der Waals surface area contributed by atoms with Gasteiger partial charge >= 0.3 is 0 Å². The van der Waals surface area contributed by atoms with Crippen molar-refractivity contribution in [2.75, 3.05) is 0 Å². The molecule has 0 spiro atoms.